The van der Waals surface area contributed by atoms with E-state index >= 15 is 0 Å². The number of hydrogen-bond donors (Lipinski definition) is 3. The van der Waals surface area contributed by atoms with Gasteiger partial charge in [0, 0.05) is 12.6 Å². The highest BCUT2D eigenvalue weighted by molar-refractivity contribution is 6.06. The van der Waals surface area contributed by atoms with Crippen LogP contribution < -0.4 is 11.1 Å². The molecule has 122 valence electrons. The topological polar surface area (TPSA) is 96.9 Å². The lowest BCUT2D eigenvalue weighted by Gasteiger charge is -2.39. The largest absolute Gasteiger partial charge is 0.409 e. The van der Waals surface area contributed by atoms with Gasteiger partial charge in [-0.15, -0.1) is 0 Å². The minimum Gasteiger partial charge on any atom is -0.409 e. The van der Waals surface area contributed by atoms with Gasteiger partial charge in [-0.3, -0.25) is 4.79 Å². The van der Waals surface area contributed by atoms with E-state index < -0.39 is 5.41 Å². The summed E-state index contributed by atoms with van der Waals surface area (Å²) in [7, 11) is 0. The molecule has 6 nitrogen and oxygen atoms in total. The molecule has 1 rings (SSSR count). The molecule has 0 heterocycles. The summed E-state index contributed by atoms with van der Waals surface area (Å²) < 4.78 is 5.50. The van der Waals surface area contributed by atoms with Gasteiger partial charge in [-0.2, -0.15) is 0 Å². The van der Waals surface area contributed by atoms with Crippen molar-refractivity contribution >= 4 is 11.7 Å². The van der Waals surface area contributed by atoms with Gasteiger partial charge in [0.2, 0.25) is 5.91 Å². The van der Waals surface area contributed by atoms with E-state index in [1.54, 1.807) is 0 Å². The molecule has 0 aromatic rings. The molecular weight excluding hydrogens is 270 g/mol. The smallest absolute Gasteiger partial charge is 0.234 e. The number of nitrogens with two attached hydrogens (primary N) is 1. The molecule has 0 spiro atoms. The van der Waals surface area contributed by atoms with Gasteiger partial charge in [-0.1, -0.05) is 31.8 Å². The zero-order valence-electron chi connectivity index (χ0n) is 13.4. The van der Waals surface area contributed by atoms with E-state index in [1.165, 1.54) is 0 Å². The fraction of sp³-hybridized carbons (Fsp3) is 0.867. The molecule has 0 aliphatic heterocycles. The Bertz CT molecular complexity index is 359. The van der Waals surface area contributed by atoms with Gasteiger partial charge in [-0.05, 0) is 32.6 Å². The number of amidine groups is 1. The first-order chi connectivity index (χ1) is 10.0. The van der Waals surface area contributed by atoms with Crippen molar-refractivity contribution in [3.8, 4) is 0 Å². The van der Waals surface area contributed by atoms with Gasteiger partial charge in [0.15, 0.2) is 5.84 Å². The van der Waals surface area contributed by atoms with Gasteiger partial charge < -0.3 is 21.0 Å². The van der Waals surface area contributed by atoms with Crippen LogP contribution in [0.5, 0.6) is 0 Å². The first kappa shape index (κ1) is 17.8. The molecule has 0 unspecified atom stereocenters. The Morgan fingerprint density at radius 3 is 2.33 bits per heavy atom. The van der Waals surface area contributed by atoms with Crippen LogP contribution in [0.3, 0.4) is 0 Å². The van der Waals surface area contributed by atoms with Crippen LogP contribution in [-0.2, 0) is 9.53 Å². The number of carbonyl (C=O) groups excluding carboxylic acids is 1. The van der Waals surface area contributed by atoms with Crippen LogP contribution in [0, 0.1) is 5.41 Å². The molecule has 21 heavy (non-hydrogen) atoms. The summed E-state index contributed by atoms with van der Waals surface area (Å²) in [5.74, 6) is -0.106. The summed E-state index contributed by atoms with van der Waals surface area (Å²) in [6, 6.07) is 0.133. The molecule has 1 fully saturated rings. The summed E-state index contributed by atoms with van der Waals surface area (Å²) >= 11 is 0. The van der Waals surface area contributed by atoms with Crippen molar-refractivity contribution in [3.63, 3.8) is 0 Å². The normalized spacial score (nSPS) is 22.7. The van der Waals surface area contributed by atoms with Gasteiger partial charge in [-0.25, -0.2) is 0 Å². The van der Waals surface area contributed by atoms with Crippen molar-refractivity contribution < 1.29 is 14.7 Å². The Labute approximate surface area is 127 Å². The van der Waals surface area contributed by atoms with E-state index in [9.17, 15) is 4.79 Å². The maximum atomic E-state index is 12.7. The Morgan fingerprint density at radius 2 is 1.90 bits per heavy atom. The SMILES string of the molecule is CCCC(CCC)(C(=O)NC1CC(OCC)C1)C(N)=NO. The Hall–Kier alpha value is -1.30. The first-order valence-corrected chi connectivity index (χ1v) is 7.94. The molecule has 1 saturated carbocycles. The highest BCUT2D eigenvalue weighted by atomic mass is 16.5. The van der Waals surface area contributed by atoms with Crippen molar-refractivity contribution in [2.75, 3.05) is 6.61 Å². The predicted molar refractivity (Wildman–Crippen MR) is 82.2 cm³/mol. The van der Waals surface area contributed by atoms with Crippen molar-refractivity contribution in [2.24, 2.45) is 16.3 Å². The van der Waals surface area contributed by atoms with Crippen LogP contribution in [0.2, 0.25) is 0 Å². The van der Waals surface area contributed by atoms with Crippen LogP contribution in [0.4, 0.5) is 0 Å². The lowest BCUT2D eigenvalue weighted by Crippen LogP contribution is -2.56. The third-order valence-electron chi connectivity index (χ3n) is 4.22. The van der Waals surface area contributed by atoms with Crippen LogP contribution in [-0.4, -0.2) is 35.7 Å². The zero-order valence-corrected chi connectivity index (χ0v) is 13.4. The summed E-state index contributed by atoms with van der Waals surface area (Å²) in [6.45, 7) is 6.66. The highest BCUT2D eigenvalue weighted by Crippen LogP contribution is 2.32. The average molecular weight is 299 g/mol. The van der Waals surface area contributed by atoms with Gasteiger partial charge in [0.25, 0.3) is 0 Å². The van der Waals surface area contributed by atoms with Crippen molar-refractivity contribution in [3.05, 3.63) is 0 Å². The Morgan fingerprint density at radius 1 is 1.33 bits per heavy atom. The third kappa shape index (κ3) is 4.09. The van der Waals surface area contributed by atoms with Crippen LogP contribution >= 0.6 is 0 Å². The summed E-state index contributed by atoms with van der Waals surface area (Å²) in [6.07, 6.45) is 4.70. The fourth-order valence-electron chi connectivity index (χ4n) is 3.05. The molecule has 0 radical (unpaired) electrons. The quantitative estimate of drug-likeness (QED) is 0.262. The molecule has 1 aliphatic rings. The summed E-state index contributed by atoms with van der Waals surface area (Å²) in [5.41, 5.74) is 4.96. The zero-order chi connectivity index (χ0) is 15.9. The minimum absolute atomic E-state index is 0.0179. The molecule has 1 amide bonds. The van der Waals surface area contributed by atoms with Crippen molar-refractivity contribution in [2.45, 2.75) is 71.4 Å². The molecule has 4 N–H and O–H groups in total. The second-order valence-electron chi connectivity index (χ2n) is 5.79. The predicted octanol–water partition coefficient (Wildman–Crippen LogP) is 2.00. The first-order valence-electron chi connectivity index (χ1n) is 7.94. The van der Waals surface area contributed by atoms with Gasteiger partial charge >= 0.3 is 0 Å². The van der Waals surface area contributed by atoms with Crippen LogP contribution in [0.25, 0.3) is 0 Å². The molecule has 0 aromatic carbocycles. The number of ether oxygens (including phenoxy) is 1. The van der Waals surface area contributed by atoms with E-state index in [0.717, 1.165) is 25.7 Å². The lowest BCUT2D eigenvalue weighted by molar-refractivity contribution is -0.131. The standard InChI is InChI=1S/C15H29N3O3/c1-4-7-15(8-5-2,13(16)18-20)14(19)17-11-9-12(10-11)21-6-3/h11-12,20H,4-10H2,1-3H3,(H2,16,18)(H,17,19). The van der Waals surface area contributed by atoms with Crippen LogP contribution in [0.15, 0.2) is 5.16 Å². The summed E-state index contributed by atoms with van der Waals surface area (Å²) in [5, 5.41) is 15.2. The van der Waals surface area contributed by atoms with E-state index in [-0.39, 0.29) is 23.9 Å². The average Bonchev–Trinajstić information content (AvgIpc) is 2.43. The third-order valence-corrected chi connectivity index (χ3v) is 4.22. The molecule has 0 saturated heterocycles. The van der Waals surface area contributed by atoms with Gasteiger partial charge in [0.05, 0.1) is 6.10 Å². The number of oxime groups is 1. The molecule has 6 heteroatoms. The fourth-order valence-corrected chi connectivity index (χ4v) is 3.05. The summed E-state index contributed by atoms with van der Waals surface area (Å²) in [4.78, 5) is 12.7. The highest BCUT2D eigenvalue weighted by Gasteiger charge is 2.43. The number of amides is 1. The maximum Gasteiger partial charge on any atom is 0.234 e. The molecule has 0 bridgehead atoms. The number of carbonyl (C=O) groups is 1. The Kier molecular flexibility index (Phi) is 6.95. The second kappa shape index (κ2) is 8.22. The molecule has 0 atom stereocenters. The number of hydrogen-bond acceptors (Lipinski definition) is 4. The van der Waals surface area contributed by atoms with E-state index in [4.69, 9.17) is 15.7 Å². The van der Waals surface area contributed by atoms with E-state index in [1.807, 2.05) is 20.8 Å². The van der Waals surface area contributed by atoms with Crippen molar-refractivity contribution in [1.29, 1.82) is 0 Å². The number of nitrogens with zero attached hydrogens (tertiary/aromatic N) is 1. The lowest BCUT2D eigenvalue weighted by atomic mass is 9.76. The monoisotopic (exact) mass is 299 g/mol. The second-order valence-corrected chi connectivity index (χ2v) is 5.79. The van der Waals surface area contributed by atoms with Crippen molar-refractivity contribution in [1.82, 2.24) is 5.32 Å². The molecule has 1 aliphatic carbocycles. The van der Waals surface area contributed by atoms with Crippen LogP contribution in [0.1, 0.15) is 59.3 Å². The van der Waals surface area contributed by atoms with E-state index in [2.05, 4.69) is 10.5 Å². The maximum absolute atomic E-state index is 12.7. The van der Waals surface area contributed by atoms with E-state index in [0.29, 0.717) is 19.4 Å². The molecule has 0 aromatic heterocycles. The number of rotatable bonds is 9. The Balaban J connectivity index is 2.72. The van der Waals surface area contributed by atoms with Gasteiger partial charge in [0.1, 0.15) is 5.41 Å². The molecular formula is C15H29N3O3. The minimum atomic E-state index is -0.894. The number of nitrogens with one attached hydrogen (secondary N) is 1.